The molecule has 1 aromatic heterocycles. The summed E-state index contributed by atoms with van der Waals surface area (Å²) in [5.74, 6) is 3.40. The number of benzene rings is 1. The van der Waals surface area contributed by atoms with Gasteiger partial charge >= 0.3 is 0 Å². The highest BCUT2D eigenvalue weighted by Gasteiger charge is 2.59. The second kappa shape index (κ2) is 8.15. The maximum absolute atomic E-state index is 13.8. The van der Waals surface area contributed by atoms with Crippen molar-refractivity contribution < 1.29 is 4.79 Å². The number of amides is 1. The molecule has 0 unspecified atom stereocenters. The lowest BCUT2D eigenvalue weighted by molar-refractivity contribution is -0.151. The molecule has 0 radical (unpaired) electrons. The van der Waals surface area contributed by atoms with Crippen LogP contribution in [0.4, 0.5) is 5.82 Å². The molecule has 180 valence electrons. The van der Waals surface area contributed by atoms with E-state index < -0.39 is 0 Å². The molecule has 2 aromatic rings. The van der Waals surface area contributed by atoms with Crippen LogP contribution in [0.15, 0.2) is 30.6 Å². The van der Waals surface area contributed by atoms with Gasteiger partial charge in [-0.25, -0.2) is 9.97 Å². The second-order valence-electron chi connectivity index (χ2n) is 12.3. The molecule has 5 heteroatoms. The van der Waals surface area contributed by atoms with Gasteiger partial charge in [-0.3, -0.25) is 9.69 Å². The van der Waals surface area contributed by atoms with E-state index >= 15 is 0 Å². The molecule has 7 rings (SSSR count). The Bertz CT molecular complexity index is 1070. The van der Waals surface area contributed by atoms with Gasteiger partial charge in [-0.2, -0.15) is 0 Å². The van der Waals surface area contributed by atoms with Gasteiger partial charge in [0.2, 0.25) is 5.91 Å². The predicted octanol–water partition coefficient (Wildman–Crippen LogP) is 5.52. The van der Waals surface area contributed by atoms with E-state index in [1.54, 1.807) is 6.33 Å². The van der Waals surface area contributed by atoms with Crippen molar-refractivity contribution in [1.82, 2.24) is 14.9 Å². The van der Waals surface area contributed by atoms with Crippen molar-refractivity contribution in [2.75, 3.05) is 11.9 Å². The van der Waals surface area contributed by atoms with E-state index in [2.05, 4.69) is 65.2 Å². The number of hydrogen-bond acceptors (Lipinski definition) is 4. The Morgan fingerprint density at radius 2 is 1.76 bits per heavy atom. The molecule has 1 aromatic carbocycles. The van der Waals surface area contributed by atoms with E-state index in [9.17, 15) is 4.79 Å². The molecule has 2 heterocycles. The van der Waals surface area contributed by atoms with Crippen LogP contribution in [0.1, 0.15) is 74.8 Å². The third-order valence-electron chi connectivity index (χ3n) is 9.90. The van der Waals surface area contributed by atoms with Gasteiger partial charge in [0.1, 0.15) is 12.1 Å². The SMILES string of the molecule is Cc1ccccc1CN1CCc2c(ncnc2NC(=O)C(C)(C)C23CC4CC(CC(C4)C2)C3)C1. The van der Waals surface area contributed by atoms with E-state index in [0.29, 0.717) is 0 Å². The Hall–Kier alpha value is -2.27. The van der Waals surface area contributed by atoms with Gasteiger partial charge in [0.25, 0.3) is 0 Å². The zero-order chi connectivity index (χ0) is 23.5. The number of aromatic nitrogens is 2. The minimum atomic E-state index is -0.383. The normalized spacial score (nSPS) is 30.3. The number of hydrogen-bond donors (Lipinski definition) is 1. The molecule has 1 N–H and O–H groups in total. The van der Waals surface area contributed by atoms with Crippen LogP contribution >= 0.6 is 0 Å². The molecule has 5 nitrogen and oxygen atoms in total. The lowest BCUT2D eigenvalue weighted by atomic mass is 9.43. The van der Waals surface area contributed by atoms with Gasteiger partial charge in [-0.15, -0.1) is 0 Å². The molecule has 0 atom stereocenters. The molecule has 4 saturated carbocycles. The first kappa shape index (κ1) is 22.2. The number of carbonyl (C=O) groups is 1. The van der Waals surface area contributed by atoms with Crippen LogP contribution in [-0.4, -0.2) is 27.3 Å². The highest BCUT2D eigenvalue weighted by Crippen LogP contribution is 2.66. The molecular weight excluding hydrogens is 420 g/mol. The molecule has 34 heavy (non-hydrogen) atoms. The van der Waals surface area contributed by atoms with Crippen LogP contribution in [0.25, 0.3) is 0 Å². The monoisotopic (exact) mass is 458 g/mol. The van der Waals surface area contributed by atoms with Crippen LogP contribution in [0.2, 0.25) is 0 Å². The minimum absolute atomic E-state index is 0.151. The number of nitrogens with one attached hydrogen (secondary N) is 1. The fraction of sp³-hybridized carbons (Fsp3) is 0.621. The molecule has 4 fully saturated rings. The van der Waals surface area contributed by atoms with Crippen LogP contribution in [0.5, 0.6) is 0 Å². The summed E-state index contributed by atoms with van der Waals surface area (Å²) in [5.41, 5.74) is 4.65. The molecule has 1 amide bonds. The van der Waals surface area contributed by atoms with Gasteiger partial charge in [-0.1, -0.05) is 38.1 Å². The highest BCUT2D eigenvalue weighted by molar-refractivity contribution is 5.95. The number of carbonyl (C=O) groups excluding carboxylic acids is 1. The third kappa shape index (κ3) is 3.67. The first-order chi connectivity index (χ1) is 16.3. The summed E-state index contributed by atoms with van der Waals surface area (Å²) < 4.78 is 0. The maximum atomic E-state index is 13.8. The van der Waals surface area contributed by atoms with Gasteiger partial charge in [0.15, 0.2) is 0 Å². The fourth-order valence-electron chi connectivity index (χ4n) is 8.06. The summed E-state index contributed by atoms with van der Waals surface area (Å²) in [6.45, 7) is 9.26. The molecule has 4 bridgehead atoms. The molecule has 5 aliphatic rings. The summed E-state index contributed by atoms with van der Waals surface area (Å²) in [6.07, 6.45) is 10.4. The zero-order valence-corrected chi connectivity index (χ0v) is 20.9. The van der Waals surface area contributed by atoms with E-state index in [4.69, 9.17) is 0 Å². The standard InChI is InChI=1S/C29H38N4O/c1-19-6-4-5-7-23(19)16-33-9-8-24-25(17-33)30-18-31-26(24)32-27(34)28(2,3)29-13-20-10-21(14-29)12-22(11-20)15-29/h4-7,18,20-22H,8-17H2,1-3H3,(H,30,31,32,34). The lowest BCUT2D eigenvalue weighted by Gasteiger charge is -2.61. The van der Waals surface area contributed by atoms with Crippen LogP contribution in [-0.2, 0) is 24.3 Å². The Labute approximate surface area is 203 Å². The fourth-order valence-corrected chi connectivity index (χ4v) is 8.06. The first-order valence-electron chi connectivity index (χ1n) is 13.2. The maximum Gasteiger partial charge on any atom is 0.231 e. The van der Waals surface area contributed by atoms with E-state index in [1.165, 1.54) is 49.7 Å². The summed E-state index contributed by atoms with van der Waals surface area (Å²) in [5, 5.41) is 3.30. The predicted molar refractivity (Wildman–Crippen MR) is 134 cm³/mol. The Balaban J connectivity index is 1.19. The number of nitrogens with zero attached hydrogens (tertiary/aromatic N) is 3. The number of aryl methyl sites for hydroxylation is 1. The quantitative estimate of drug-likeness (QED) is 0.641. The Morgan fingerprint density at radius 1 is 1.09 bits per heavy atom. The average Bonchev–Trinajstić information content (AvgIpc) is 2.79. The molecule has 4 aliphatic carbocycles. The van der Waals surface area contributed by atoms with Crippen LogP contribution in [0, 0.1) is 35.5 Å². The van der Waals surface area contributed by atoms with Crippen molar-refractivity contribution in [3.63, 3.8) is 0 Å². The van der Waals surface area contributed by atoms with Gasteiger partial charge < -0.3 is 5.32 Å². The van der Waals surface area contributed by atoms with Crippen molar-refractivity contribution in [1.29, 1.82) is 0 Å². The van der Waals surface area contributed by atoms with Crippen molar-refractivity contribution in [3.05, 3.63) is 53.0 Å². The molecule has 0 saturated heterocycles. The summed E-state index contributed by atoms with van der Waals surface area (Å²) in [7, 11) is 0. The van der Waals surface area contributed by atoms with Gasteiger partial charge in [0.05, 0.1) is 5.69 Å². The van der Waals surface area contributed by atoms with E-state index in [-0.39, 0.29) is 16.7 Å². The molecular formula is C29H38N4O. The smallest absolute Gasteiger partial charge is 0.231 e. The summed E-state index contributed by atoms with van der Waals surface area (Å²) in [6, 6.07) is 8.59. The second-order valence-corrected chi connectivity index (χ2v) is 12.3. The number of rotatable bonds is 5. The summed E-state index contributed by atoms with van der Waals surface area (Å²) >= 11 is 0. The van der Waals surface area contributed by atoms with E-state index in [1.807, 2.05) is 0 Å². The van der Waals surface area contributed by atoms with Gasteiger partial charge in [0, 0.05) is 30.6 Å². The number of fused-ring (bicyclic) bond motifs is 1. The minimum Gasteiger partial charge on any atom is -0.310 e. The van der Waals surface area contributed by atoms with E-state index in [0.717, 1.165) is 60.9 Å². The lowest BCUT2D eigenvalue weighted by Crippen LogP contribution is -2.56. The zero-order valence-electron chi connectivity index (χ0n) is 20.9. The first-order valence-corrected chi connectivity index (χ1v) is 13.2. The van der Waals surface area contributed by atoms with Crippen LogP contribution in [0.3, 0.4) is 0 Å². The summed E-state index contributed by atoms with van der Waals surface area (Å²) in [4.78, 5) is 25.4. The van der Waals surface area contributed by atoms with Crippen molar-refractivity contribution in [3.8, 4) is 0 Å². The third-order valence-corrected chi connectivity index (χ3v) is 9.90. The number of anilines is 1. The van der Waals surface area contributed by atoms with Crippen molar-refractivity contribution in [2.24, 2.45) is 28.6 Å². The van der Waals surface area contributed by atoms with Crippen LogP contribution < -0.4 is 5.32 Å². The van der Waals surface area contributed by atoms with Crippen molar-refractivity contribution in [2.45, 2.75) is 78.8 Å². The molecule has 0 spiro atoms. The topological polar surface area (TPSA) is 58.1 Å². The Morgan fingerprint density at radius 3 is 2.44 bits per heavy atom. The largest absolute Gasteiger partial charge is 0.310 e. The molecule has 1 aliphatic heterocycles. The van der Waals surface area contributed by atoms with Gasteiger partial charge in [-0.05, 0) is 86.2 Å². The Kier molecular flexibility index (Phi) is 5.32. The van der Waals surface area contributed by atoms with Crippen molar-refractivity contribution >= 4 is 11.7 Å². The average molecular weight is 459 g/mol. The highest BCUT2D eigenvalue weighted by atomic mass is 16.2.